The summed E-state index contributed by atoms with van der Waals surface area (Å²) in [5, 5.41) is 3.21. The number of carbonyl (C=O) groups is 1. The summed E-state index contributed by atoms with van der Waals surface area (Å²) in [6.07, 6.45) is 3.92. The van der Waals surface area contributed by atoms with Gasteiger partial charge in [0.25, 0.3) is 0 Å². The van der Waals surface area contributed by atoms with Gasteiger partial charge in [0.2, 0.25) is 5.91 Å². The van der Waals surface area contributed by atoms with Crippen molar-refractivity contribution in [3.63, 3.8) is 0 Å². The van der Waals surface area contributed by atoms with Crippen molar-refractivity contribution in [3.05, 3.63) is 28.8 Å². The minimum atomic E-state index is -0.164. The van der Waals surface area contributed by atoms with Crippen LogP contribution in [0.25, 0.3) is 6.08 Å². The zero-order chi connectivity index (χ0) is 16.4. The molecule has 0 saturated carbocycles. The quantitative estimate of drug-likeness (QED) is 0.559. The van der Waals surface area contributed by atoms with Crippen LogP contribution in [-0.4, -0.2) is 39.9 Å². The molecule has 0 aromatic heterocycles. The summed E-state index contributed by atoms with van der Waals surface area (Å²) in [7, 11) is 3.06. The van der Waals surface area contributed by atoms with Crippen molar-refractivity contribution in [3.8, 4) is 11.5 Å². The maximum atomic E-state index is 11.7. The van der Waals surface area contributed by atoms with Crippen LogP contribution < -0.4 is 14.8 Å². The van der Waals surface area contributed by atoms with Crippen LogP contribution in [0.1, 0.15) is 18.9 Å². The lowest BCUT2D eigenvalue weighted by molar-refractivity contribution is -0.116. The van der Waals surface area contributed by atoms with Crippen LogP contribution in [0.2, 0.25) is 5.02 Å². The zero-order valence-corrected chi connectivity index (χ0v) is 13.9. The SMILES string of the molecule is CCOCCCNC(=O)/C=C/c1cc(Cl)c(OC)c(OC)c1. The molecule has 1 aromatic rings. The molecule has 0 radical (unpaired) electrons. The minimum absolute atomic E-state index is 0.164. The molecule has 0 fully saturated rings. The Kier molecular flexibility index (Phi) is 8.40. The van der Waals surface area contributed by atoms with E-state index in [1.807, 2.05) is 6.92 Å². The van der Waals surface area contributed by atoms with Gasteiger partial charge < -0.3 is 19.5 Å². The van der Waals surface area contributed by atoms with Crippen LogP contribution in [-0.2, 0) is 9.53 Å². The van der Waals surface area contributed by atoms with Crippen LogP contribution in [0.15, 0.2) is 18.2 Å². The van der Waals surface area contributed by atoms with Crippen LogP contribution in [0.5, 0.6) is 11.5 Å². The number of rotatable bonds is 9. The molecule has 0 spiro atoms. The van der Waals surface area contributed by atoms with Crippen molar-refractivity contribution < 1.29 is 19.0 Å². The molecular formula is C16H22ClNO4. The molecule has 6 heteroatoms. The van der Waals surface area contributed by atoms with Gasteiger partial charge in [-0.1, -0.05) is 11.6 Å². The number of hydrogen-bond donors (Lipinski definition) is 1. The molecule has 0 aliphatic carbocycles. The molecular weight excluding hydrogens is 306 g/mol. The second-order valence-electron chi connectivity index (χ2n) is 4.41. The van der Waals surface area contributed by atoms with Crippen LogP contribution in [0, 0.1) is 0 Å². The summed E-state index contributed by atoms with van der Waals surface area (Å²) in [4.78, 5) is 11.7. The van der Waals surface area contributed by atoms with Gasteiger partial charge in [0.05, 0.1) is 19.2 Å². The van der Waals surface area contributed by atoms with Gasteiger partial charge in [0.15, 0.2) is 11.5 Å². The lowest BCUT2D eigenvalue weighted by Gasteiger charge is -2.10. The van der Waals surface area contributed by atoms with Crippen LogP contribution in [0.3, 0.4) is 0 Å². The average molecular weight is 328 g/mol. The lowest BCUT2D eigenvalue weighted by atomic mass is 10.2. The highest BCUT2D eigenvalue weighted by Gasteiger charge is 2.09. The second kappa shape index (κ2) is 10.1. The Hall–Kier alpha value is -1.72. The van der Waals surface area contributed by atoms with Crippen LogP contribution >= 0.6 is 11.6 Å². The summed E-state index contributed by atoms with van der Waals surface area (Å²) < 4.78 is 15.6. The van der Waals surface area contributed by atoms with E-state index in [4.69, 9.17) is 25.8 Å². The third kappa shape index (κ3) is 5.95. The standard InChI is InChI=1S/C16H22ClNO4/c1-4-22-9-5-8-18-15(19)7-6-12-10-13(17)16(21-3)14(11-12)20-2/h6-7,10-11H,4-5,8-9H2,1-3H3,(H,18,19)/b7-6+. The largest absolute Gasteiger partial charge is 0.493 e. The fraction of sp³-hybridized carbons (Fsp3) is 0.438. The Bertz CT molecular complexity index is 517. The normalized spacial score (nSPS) is 10.7. The molecule has 1 amide bonds. The Morgan fingerprint density at radius 3 is 2.73 bits per heavy atom. The van der Waals surface area contributed by atoms with Crippen molar-refractivity contribution >= 4 is 23.6 Å². The number of nitrogens with one attached hydrogen (secondary N) is 1. The minimum Gasteiger partial charge on any atom is -0.493 e. The summed E-state index contributed by atoms with van der Waals surface area (Å²) in [6.45, 7) is 3.85. The maximum Gasteiger partial charge on any atom is 0.244 e. The highest BCUT2D eigenvalue weighted by Crippen LogP contribution is 2.36. The summed E-state index contributed by atoms with van der Waals surface area (Å²) in [5.74, 6) is 0.830. The number of benzene rings is 1. The first kappa shape index (κ1) is 18.3. The fourth-order valence-electron chi connectivity index (χ4n) is 1.80. The highest BCUT2D eigenvalue weighted by molar-refractivity contribution is 6.32. The predicted molar refractivity (Wildman–Crippen MR) is 87.7 cm³/mol. The summed E-state index contributed by atoms with van der Waals surface area (Å²) >= 11 is 6.11. The molecule has 0 aliphatic rings. The van der Waals surface area contributed by atoms with E-state index in [1.54, 1.807) is 18.2 Å². The first-order valence-corrected chi connectivity index (χ1v) is 7.45. The van der Waals surface area contributed by atoms with Gasteiger partial charge in [-0.05, 0) is 37.1 Å². The second-order valence-corrected chi connectivity index (χ2v) is 4.82. The van der Waals surface area contributed by atoms with Gasteiger partial charge in [0.1, 0.15) is 0 Å². The molecule has 1 aromatic carbocycles. The molecule has 0 bridgehead atoms. The van der Waals surface area contributed by atoms with Gasteiger partial charge >= 0.3 is 0 Å². The van der Waals surface area contributed by atoms with Gasteiger partial charge in [-0.25, -0.2) is 0 Å². The molecule has 0 unspecified atom stereocenters. The van der Waals surface area contributed by atoms with E-state index in [1.165, 1.54) is 20.3 Å². The zero-order valence-electron chi connectivity index (χ0n) is 13.1. The summed E-state index contributed by atoms with van der Waals surface area (Å²) in [5.41, 5.74) is 0.757. The third-order valence-corrected chi connectivity index (χ3v) is 3.13. The third-order valence-electron chi connectivity index (χ3n) is 2.85. The Balaban J connectivity index is 2.58. The Labute approximate surface area is 136 Å². The van der Waals surface area contributed by atoms with Gasteiger partial charge in [-0.3, -0.25) is 4.79 Å². The molecule has 0 atom stereocenters. The Morgan fingerprint density at radius 2 is 2.09 bits per heavy atom. The van der Waals surface area contributed by atoms with Crippen LogP contribution in [0.4, 0.5) is 0 Å². The maximum absolute atomic E-state index is 11.7. The molecule has 0 heterocycles. The molecule has 5 nitrogen and oxygen atoms in total. The van der Waals surface area contributed by atoms with Gasteiger partial charge in [0, 0.05) is 25.8 Å². The Morgan fingerprint density at radius 1 is 1.32 bits per heavy atom. The number of ether oxygens (including phenoxy) is 3. The number of hydrogen-bond acceptors (Lipinski definition) is 4. The number of methoxy groups -OCH3 is 2. The monoisotopic (exact) mass is 327 g/mol. The number of amides is 1. The van der Waals surface area contributed by atoms with E-state index in [9.17, 15) is 4.79 Å². The topological polar surface area (TPSA) is 56.8 Å². The molecule has 1 N–H and O–H groups in total. The van der Waals surface area contributed by atoms with Crippen molar-refractivity contribution in [1.82, 2.24) is 5.32 Å². The fourth-order valence-corrected chi connectivity index (χ4v) is 2.09. The van der Waals surface area contributed by atoms with E-state index in [2.05, 4.69) is 5.32 Å². The predicted octanol–water partition coefficient (Wildman–Crippen LogP) is 2.91. The highest BCUT2D eigenvalue weighted by atomic mass is 35.5. The smallest absolute Gasteiger partial charge is 0.244 e. The molecule has 0 aliphatic heterocycles. The first-order valence-electron chi connectivity index (χ1n) is 7.07. The molecule has 22 heavy (non-hydrogen) atoms. The van der Waals surface area contributed by atoms with Gasteiger partial charge in [-0.15, -0.1) is 0 Å². The molecule has 1 rings (SSSR count). The molecule has 0 saturated heterocycles. The summed E-state index contributed by atoms with van der Waals surface area (Å²) in [6, 6.07) is 3.46. The van der Waals surface area contributed by atoms with Crippen molar-refractivity contribution in [2.45, 2.75) is 13.3 Å². The van der Waals surface area contributed by atoms with Crippen molar-refractivity contribution in [2.24, 2.45) is 0 Å². The molecule has 122 valence electrons. The van der Waals surface area contributed by atoms with E-state index in [-0.39, 0.29) is 5.91 Å². The van der Waals surface area contributed by atoms with Crippen molar-refractivity contribution in [1.29, 1.82) is 0 Å². The number of halogens is 1. The number of carbonyl (C=O) groups excluding carboxylic acids is 1. The van der Waals surface area contributed by atoms with E-state index < -0.39 is 0 Å². The van der Waals surface area contributed by atoms with E-state index in [0.717, 1.165) is 12.0 Å². The van der Waals surface area contributed by atoms with E-state index in [0.29, 0.717) is 36.3 Å². The van der Waals surface area contributed by atoms with Gasteiger partial charge in [-0.2, -0.15) is 0 Å². The lowest BCUT2D eigenvalue weighted by Crippen LogP contribution is -2.23. The average Bonchev–Trinajstić information content (AvgIpc) is 2.52. The van der Waals surface area contributed by atoms with E-state index >= 15 is 0 Å². The van der Waals surface area contributed by atoms with Crippen molar-refractivity contribution in [2.75, 3.05) is 34.0 Å². The first-order chi connectivity index (χ1) is 10.6.